The number of hydrogen-bond acceptors (Lipinski definition) is 3. The van der Waals surface area contributed by atoms with Gasteiger partial charge in [-0.2, -0.15) is 0 Å². The summed E-state index contributed by atoms with van der Waals surface area (Å²) in [6, 6.07) is 5.75. The summed E-state index contributed by atoms with van der Waals surface area (Å²) in [5.41, 5.74) is 0.367. The first kappa shape index (κ1) is 12.3. The van der Waals surface area contributed by atoms with E-state index in [-0.39, 0.29) is 5.91 Å². The predicted octanol–water partition coefficient (Wildman–Crippen LogP) is 1.56. The summed E-state index contributed by atoms with van der Waals surface area (Å²) in [6.45, 7) is 1.51. The third-order valence-electron chi connectivity index (χ3n) is 2.87. The van der Waals surface area contributed by atoms with Crippen LogP contribution < -0.4 is 5.32 Å². The van der Waals surface area contributed by atoms with Gasteiger partial charge >= 0.3 is 0 Å². The highest BCUT2D eigenvalue weighted by atomic mass is 35.5. The summed E-state index contributed by atoms with van der Waals surface area (Å²) in [4.78, 5) is 17.9. The summed E-state index contributed by atoms with van der Waals surface area (Å²) in [7, 11) is 2.08. The van der Waals surface area contributed by atoms with Crippen LogP contribution in [0.3, 0.4) is 0 Å². The van der Waals surface area contributed by atoms with E-state index in [0.717, 1.165) is 12.6 Å². The Morgan fingerprint density at radius 3 is 3.00 bits per heavy atom. The standard InChI is InChI=1S/C12H16ClN3O/c1-16(9-5-6-9)8-7-14-12(17)10-3-2-4-11(13)15-10/h2-4,9H,5-8H2,1H3,(H,14,17). The maximum Gasteiger partial charge on any atom is 0.269 e. The van der Waals surface area contributed by atoms with Crippen molar-refractivity contribution in [2.45, 2.75) is 18.9 Å². The van der Waals surface area contributed by atoms with Crippen molar-refractivity contribution < 1.29 is 4.79 Å². The molecule has 0 unspecified atom stereocenters. The van der Waals surface area contributed by atoms with Crippen molar-refractivity contribution in [2.75, 3.05) is 20.1 Å². The number of aromatic nitrogens is 1. The van der Waals surface area contributed by atoms with Gasteiger partial charge in [-0.1, -0.05) is 17.7 Å². The van der Waals surface area contributed by atoms with E-state index in [9.17, 15) is 4.79 Å². The molecule has 0 aliphatic heterocycles. The Kier molecular flexibility index (Phi) is 3.97. The monoisotopic (exact) mass is 253 g/mol. The Morgan fingerprint density at radius 2 is 2.35 bits per heavy atom. The van der Waals surface area contributed by atoms with Crippen molar-refractivity contribution in [2.24, 2.45) is 0 Å². The topological polar surface area (TPSA) is 45.2 Å². The number of halogens is 1. The normalized spacial score (nSPS) is 15.0. The summed E-state index contributed by atoms with van der Waals surface area (Å²) < 4.78 is 0. The molecule has 5 heteroatoms. The van der Waals surface area contributed by atoms with E-state index < -0.39 is 0 Å². The van der Waals surface area contributed by atoms with E-state index in [4.69, 9.17) is 11.6 Å². The van der Waals surface area contributed by atoms with Gasteiger partial charge in [-0.25, -0.2) is 4.98 Å². The van der Waals surface area contributed by atoms with Crippen LogP contribution >= 0.6 is 11.6 Å². The van der Waals surface area contributed by atoms with E-state index in [2.05, 4.69) is 22.2 Å². The summed E-state index contributed by atoms with van der Waals surface area (Å²) in [5.74, 6) is -0.170. The van der Waals surface area contributed by atoms with Gasteiger partial charge in [-0.15, -0.1) is 0 Å². The van der Waals surface area contributed by atoms with Crippen LogP contribution in [0.1, 0.15) is 23.3 Å². The Balaban J connectivity index is 1.76. The molecule has 1 saturated carbocycles. The molecule has 1 amide bonds. The minimum atomic E-state index is -0.170. The molecule has 1 heterocycles. The first-order valence-electron chi connectivity index (χ1n) is 5.78. The van der Waals surface area contributed by atoms with E-state index in [0.29, 0.717) is 17.4 Å². The Hall–Kier alpha value is -1.13. The Labute approximate surface area is 106 Å². The van der Waals surface area contributed by atoms with Gasteiger partial charge in [0.1, 0.15) is 10.8 Å². The predicted molar refractivity (Wildman–Crippen MR) is 67.2 cm³/mol. The van der Waals surface area contributed by atoms with Gasteiger partial charge in [0.25, 0.3) is 5.91 Å². The van der Waals surface area contributed by atoms with Crippen molar-refractivity contribution in [3.8, 4) is 0 Å². The number of rotatable bonds is 5. The second-order valence-electron chi connectivity index (χ2n) is 4.31. The number of nitrogens with zero attached hydrogens (tertiary/aromatic N) is 2. The second kappa shape index (κ2) is 5.47. The number of pyridine rings is 1. The molecule has 1 aliphatic rings. The fourth-order valence-electron chi connectivity index (χ4n) is 1.67. The van der Waals surface area contributed by atoms with Crippen molar-refractivity contribution in [1.82, 2.24) is 15.2 Å². The number of hydrogen-bond donors (Lipinski definition) is 1. The van der Waals surface area contributed by atoms with E-state index in [1.807, 2.05) is 0 Å². The molecule has 0 atom stereocenters. The highest BCUT2D eigenvalue weighted by Gasteiger charge is 2.25. The van der Waals surface area contributed by atoms with Gasteiger partial charge in [0.2, 0.25) is 0 Å². The van der Waals surface area contributed by atoms with Crippen LogP contribution in [0.2, 0.25) is 5.15 Å². The lowest BCUT2D eigenvalue weighted by molar-refractivity contribution is 0.0944. The zero-order valence-electron chi connectivity index (χ0n) is 9.82. The lowest BCUT2D eigenvalue weighted by Gasteiger charge is -2.15. The minimum Gasteiger partial charge on any atom is -0.349 e. The van der Waals surface area contributed by atoms with E-state index in [1.165, 1.54) is 12.8 Å². The molecule has 0 radical (unpaired) electrons. The minimum absolute atomic E-state index is 0.170. The fourth-order valence-corrected chi connectivity index (χ4v) is 1.83. The second-order valence-corrected chi connectivity index (χ2v) is 4.70. The molecular formula is C12H16ClN3O. The largest absolute Gasteiger partial charge is 0.349 e. The maximum absolute atomic E-state index is 11.7. The summed E-state index contributed by atoms with van der Waals surface area (Å²) in [5, 5.41) is 3.18. The molecule has 0 spiro atoms. The van der Waals surface area contributed by atoms with Crippen molar-refractivity contribution in [3.05, 3.63) is 29.0 Å². The van der Waals surface area contributed by atoms with Crippen LogP contribution in [0.4, 0.5) is 0 Å². The van der Waals surface area contributed by atoms with Crippen LogP contribution in [0.5, 0.6) is 0 Å². The van der Waals surface area contributed by atoms with Gasteiger partial charge < -0.3 is 10.2 Å². The molecule has 4 nitrogen and oxygen atoms in total. The lowest BCUT2D eigenvalue weighted by atomic mass is 10.3. The first-order chi connectivity index (χ1) is 8.16. The lowest BCUT2D eigenvalue weighted by Crippen LogP contribution is -2.34. The van der Waals surface area contributed by atoms with Crippen molar-refractivity contribution in [3.63, 3.8) is 0 Å². The fraction of sp³-hybridized carbons (Fsp3) is 0.500. The molecule has 0 saturated heterocycles. The molecule has 0 aromatic carbocycles. The summed E-state index contributed by atoms with van der Waals surface area (Å²) in [6.07, 6.45) is 2.56. The highest BCUT2D eigenvalue weighted by Crippen LogP contribution is 2.24. The molecule has 1 N–H and O–H groups in total. The van der Waals surface area contributed by atoms with E-state index in [1.54, 1.807) is 18.2 Å². The van der Waals surface area contributed by atoms with Crippen LogP contribution in [0.15, 0.2) is 18.2 Å². The van der Waals surface area contributed by atoms with Gasteiger partial charge in [-0.3, -0.25) is 4.79 Å². The van der Waals surface area contributed by atoms with Crippen LogP contribution in [0.25, 0.3) is 0 Å². The average Bonchev–Trinajstić information content (AvgIpc) is 3.12. The number of likely N-dealkylation sites (N-methyl/N-ethyl adjacent to an activating group) is 1. The van der Waals surface area contributed by atoms with Crippen LogP contribution in [-0.2, 0) is 0 Å². The first-order valence-corrected chi connectivity index (χ1v) is 6.15. The maximum atomic E-state index is 11.7. The number of carbonyl (C=O) groups excluding carboxylic acids is 1. The van der Waals surface area contributed by atoms with Gasteiger partial charge in [-0.05, 0) is 32.0 Å². The van der Waals surface area contributed by atoms with Crippen LogP contribution in [0, 0.1) is 0 Å². The quantitative estimate of drug-likeness (QED) is 0.810. The molecule has 1 aliphatic carbocycles. The molecule has 2 rings (SSSR count). The van der Waals surface area contributed by atoms with Crippen molar-refractivity contribution >= 4 is 17.5 Å². The Bertz CT molecular complexity index is 406. The molecule has 1 aromatic heterocycles. The van der Waals surface area contributed by atoms with Gasteiger partial charge in [0.15, 0.2) is 0 Å². The molecule has 1 fully saturated rings. The average molecular weight is 254 g/mol. The van der Waals surface area contributed by atoms with E-state index >= 15 is 0 Å². The third kappa shape index (κ3) is 3.68. The highest BCUT2D eigenvalue weighted by molar-refractivity contribution is 6.29. The molecular weight excluding hydrogens is 238 g/mol. The smallest absolute Gasteiger partial charge is 0.269 e. The third-order valence-corrected chi connectivity index (χ3v) is 3.08. The molecule has 17 heavy (non-hydrogen) atoms. The zero-order valence-corrected chi connectivity index (χ0v) is 10.6. The zero-order chi connectivity index (χ0) is 12.3. The van der Waals surface area contributed by atoms with Crippen molar-refractivity contribution in [1.29, 1.82) is 0 Å². The van der Waals surface area contributed by atoms with Crippen LogP contribution in [-0.4, -0.2) is 42.0 Å². The van der Waals surface area contributed by atoms with Gasteiger partial charge in [0, 0.05) is 19.1 Å². The SMILES string of the molecule is CN(CCNC(=O)c1cccc(Cl)n1)C1CC1. The Morgan fingerprint density at radius 1 is 1.59 bits per heavy atom. The number of carbonyl (C=O) groups is 1. The molecule has 92 valence electrons. The molecule has 0 bridgehead atoms. The summed E-state index contributed by atoms with van der Waals surface area (Å²) >= 11 is 5.72. The molecule has 1 aromatic rings. The number of nitrogens with one attached hydrogen (secondary N) is 1. The van der Waals surface area contributed by atoms with Gasteiger partial charge in [0.05, 0.1) is 0 Å². The number of amides is 1.